The van der Waals surface area contributed by atoms with Crippen molar-refractivity contribution < 1.29 is 17.6 Å². The third-order valence-electron chi connectivity index (χ3n) is 3.94. The summed E-state index contributed by atoms with van der Waals surface area (Å²) < 4.78 is 40.6. The first-order valence-electron chi connectivity index (χ1n) is 8.51. The van der Waals surface area contributed by atoms with Gasteiger partial charge in [-0.3, -0.25) is 14.5 Å². The van der Waals surface area contributed by atoms with Crippen LogP contribution in [-0.2, 0) is 16.4 Å². The number of anilines is 1. The Morgan fingerprint density at radius 3 is 2.36 bits per heavy atom. The summed E-state index contributed by atoms with van der Waals surface area (Å²) in [6.07, 6.45) is 2.28. The first-order chi connectivity index (χ1) is 13.5. The van der Waals surface area contributed by atoms with E-state index in [9.17, 15) is 17.6 Å². The lowest BCUT2D eigenvalue weighted by atomic mass is 10.2. The summed E-state index contributed by atoms with van der Waals surface area (Å²) in [6.45, 7) is 0.407. The third-order valence-corrected chi connectivity index (χ3v) is 5.32. The zero-order valence-electron chi connectivity index (χ0n) is 14.8. The Kier molecular flexibility index (Phi) is 6.00. The number of amides is 1. The number of nitrogens with one attached hydrogen (secondary N) is 2. The van der Waals surface area contributed by atoms with Crippen molar-refractivity contribution in [2.45, 2.75) is 11.3 Å². The maximum absolute atomic E-state index is 13.7. The van der Waals surface area contributed by atoms with Crippen LogP contribution in [0.4, 0.5) is 10.1 Å². The summed E-state index contributed by atoms with van der Waals surface area (Å²) in [5.41, 5.74) is 1.05. The number of rotatable bonds is 7. The number of sulfonamides is 1. The van der Waals surface area contributed by atoms with E-state index < -0.39 is 15.8 Å². The lowest BCUT2D eigenvalue weighted by Crippen LogP contribution is -2.26. The Balaban J connectivity index is 1.62. The Morgan fingerprint density at radius 1 is 0.964 bits per heavy atom. The van der Waals surface area contributed by atoms with Crippen molar-refractivity contribution in [2.24, 2.45) is 0 Å². The largest absolute Gasteiger partial charge is 0.352 e. The molecule has 0 aliphatic rings. The molecule has 2 aromatic carbocycles. The molecule has 0 spiro atoms. The van der Waals surface area contributed by atoms with Crippen LogP contribution in [0.15, 0.2) is 77.8 Å². The summed E-state index contributed by atoms with van der Waals surface area (Å²) in [5.74, 6) is -0.989. The van der Waals surface area contributed by atoms with Gasteiger partial charge in [0.05, 0.1) is 10.6 Å². The van der Waals surface area contributed by atoms with Crippen LogP contribution in [-0.4, -0.2) is 25.9 Å². The predicted octanol–water partition coefficient (Wildman–Crippen LogP) is 2.99. The normalized spacial score (nSPS) is 11.0. The van der Waals surface area contributed by atoms with Crippen LogP contribution in [0.1, 0.15) is 16.1 Å². The van der Waals surface area contributed by atoms with Crippen molar-refractivity contribution in [1.82, 2.24) is 10.3 Å². The topological polar surface area (TPSA) is 88.2 Å². The number of hydrogen-bond donors (Lipinski definition) is 2. The van der Waals surface area contributed by atoms with Gasteiger partial charge in [-0.15, -0.1) is 0 Å². The zero-order valence-corrected chi connectivity index (χ0v) is 15.6. The van der Waals surface area contributed by atoms with E-state index in [0.717, 1.165) is 11.8 Å². The van der Waals surface area contributed by atoms with E-state index in [-0.39, 0.29) is 16.5 Å². The highest BCUT2D eigenvalue weighted by Gasteiger charge is 2.16. The lowest BCUT2D eigenvalue weighted by molar-refractivity contribution is 0.0954. The molecule has 1 amide bonds. The SMILES string of the molecule is O=C(NCCc1ccccn1)c1ccc(S(=O)(=O)Nc2ccccc2F)cc1. The fourth-order valence-corrected chi connectivity index (χ4v) is 3.55. The zero-order chi connectivity index (χ0) is 20.0. The lowest BCUT2D eigenvalue weighted by Gasteiger charge is -2.10. The molecule has 6 nitrogen and oxygen atoms in total. The number of para-hydroxylation sites is 1. The standard InChI is InChI=1S/C20H18FN3O3S/c21-18-6-1-2-7-19(18)24-28(26,27)17-10-8-15(9-11-17)20(25)23-14-12-16-5-3-4-13-22-16/h1-11,13,24H,12,14H2,(H,23,25). The first kappa shape index (κ1) is 19.5. The maximum atomic E-state index is 13.7. The van der Waals surface area contributed by atoms with Crippen molar-refractivity contribution in [3.63, 3.8) is 0 Å². The number of benzene rings is 2. The van der Waals surface area contributed by atoms with Gasteiger partial charge in [0, 0.05) is 30.4 Å². The highest BCUT2D eigenvalue weighted by atomic mass is 32.2. The second kappa shape index (κ2) is 8.62. The Morgan fingerprint density at radius 2 is 1.68 bits per heavy atom. The highest BCUT2D eigenvalue weighted by molar-refractivity contribution is 7.92. The first-order valence-corrected chi connectivity index (χ1v) is 9.99. The molecule has 0 saturated carbocycles. The molecule has 0 atom stereocenters. The third kappa shape index (κ3) is 4.92. The van der Waals surface area contributed by atoms with Crippen molar-refractivity contribution in [2.75, 3.05) is 11.3 Å². The molecule has 0 aliphatic heterocycles. The van der Waals surface area contributed by atoms with Crippen LogP contribution in [0.25, 0.3) is 0 Å². The average molecular weight is 399 g/mol. The van der Waals surface area contributed by atoms with Crippen molar-refractivity contribution in [3.05, 3.63) is 90.0 Å². The Labute approximate surface area is 162 Å². The van der Waals surface area contributed by atoms with Gasteiger partial charge in [-0.1, -0.05) is 18.2 Å². The molecular weight excluding hydrogens is 381 g/mol. The van der Waals surface area contributed by atoms with Gasteiger partial charge >= 0.3 is 0 Å². The number of carbonyl (C=O) groups excluding carboxylic acids is 1. The van der Waals surface area contributed by atoms with Gasteiger partial charge in [0.1, 0.15) is 5.82 Å². The minimum atomic E-state index is -3.96. The van der Waals surface area contributed by atoms with E-state index in [1.54, 1.807) is 6.20 Å². The molecule has 28 heavy (non-hydrogen) atoms. The van der Waals surface area contributed by atoms with Crippen LogP contribution in [0.3, 0.4) is 0 Å². The molecule has 0 fully saturated rings. The van der Waals surface area contributed by atoms with E-state index in [4.69, 9.17) is 0 Å². The van der Waals surface area contributed by atoms with E-state index in [0.29, 0.717) is 18.5 Å². The quantitative estimate of drug-likeness (QED) is 0.639. The second-order valence-electron chi connectivity index (χ2n) is 5.94. The Bertz CT molecular complexity index is 1060. The van der Waals surface area contributed by atoms with Gasteiger partial charge in [-0.2, -0.15) is 0 Å². The summed E-state index contributed by atoms with van der Waals surface area (Å²) in [7, 11) is -3.96. The molecule has 0 aliphatic carbocycles. The van der Waals surface area contributed by atoms with E-state index in [1.165, 1.54) is 42.5 Å². The van der Waals surface area contributed by atoms with Gasteiger partial charge in [0.15, 0.2) is 0 Å². The number of aromatic nitrogens is 1. The molecule has 0 bridgehead atoms. The molecular formula is C20H18FN3O3S. The predicted molar refractivity (Wildman–Crippen MR) is 104 cm³/mol. The molecule has 3 rings (SSSR count). The van der Waals surface area contributed by atoms with Crippen LogP contribution >= 0.6 is 0 Å². The van der Waals surface area contributed by atoms with E-state index in [1.807, 2.05) is 18.2 Å². The van der Waals surface area contributed by atoms with Gasteiger partial charge < -0.3 is 5.32 Å². The van der Waals surface area contributed by atoms with Crippen molar-refractivity contribution in [3.8, 4) is 0 Å². The Hall–Kier alpha value is -3.26. The molecule has 0 unspecified atom stereocenters. The summed E-state index contributed by atoms with van der Waals surface area (Å²) in [5, 5.41) is 2.76. The van der Waals surface area contributed by atoms with Gasteiger partial charge in [-0.25, -0.2) is 12.8 Å². The fraction of sp³-hybridized carbons (Fsp3) is 0.100. The molecule has 1 heterocycles. The summed E-state index contributed by atoms with van der Waals surface area (Å²) in [4.78, 5) is 16.3. The van der Waals surface area contributed by atoms with Crippen LogP contribution in [0, 0.1) is 5.82 Å². The number of pyridine rings is 1. The van der Waals surface area contributed by atoms with Gasteiger partial charge in [0.25, 0.3) is 15.9 Å². The van der Waals surface area contributed by atoms with Gasteiger partial charge in [-0.05, 0) is 48.5 Å². The van der Waals surface area contributed by atoms with Crippen molar-refractivity contribution >= 4 is 21.6 Å². The van der Waals surface area contributed by atoms with Crippen LogP contribution in [0.2, 0.25) is 0 Å². The molecule has 0 saturated heterocycles. The van der Waals surface area contributed by atoms with Crippen molar-refractivity contribution in [1.29, 1.82) is 0 Å². The van der Waals surface area contributed by atoms with E-state index >= 15 is 0 Å². The number of nitrogens with zero attached hydrogens (tertiary/aromatic N) is 1. The fourth-order valence-electron chi connectivity index (χ4n) is 2.49. The summed E-state index contributed by atoms with van der Waals surface area (Å²) >= 11 is 0. The van der Waals surface area contributed by atoms with E-state index in [2.05, 4.69) is 15.0 Å². The minimum Gasteiger partial charge on any atom is -0.352 e. The highest BCUT2D eigenvalue weighted by Crippen LogP contribution is 2.19. The number of carbonyl (C=O) groups is 1. The number of halogens is 1. The molecule has 0 radical (unpaired) electrons. The van der Waals surface area contributed by atoms with Gasteiger partial charge in [0.2, 0.25) is 0 Å². The molecule has 3 aromatic rings. The van der Waals surface area contributed by atoms with Crippen LogP contribution < -0.4 is 10.0 Å². The summed E-state index contributed by atoms with van der Waals surface area (Å²) in [6, 6.07) is 16.5. The van der Waals surface area contributed by atoms with Crippen LogP contribution in [0.5, 0.6) is 0 Å². The second-order valence-corrected chi connectivity index (χ2v) is 7.62. The monoisotopic (exact) mass is 399 g/mol. The molecule has 8 heteroatoms. The maximum Gasteiger partial charge on any atom is 0.261 e. The average Bonchev–Trinajstić information content (AvgIpc) is 2.70. The molecule has 1 aromatic heterocycles. The minimum absolute atomic E-state index is 0.0687. The smallest absolute Gasteiger partial charge is 0.261 e. The molecule has 2 N–H and O–H groups in total. The number of hydrogen-bond acceptors (Lipinski definition) is 4. The molecule has 144 valence electrons.